The zero-order valence-corrected chi connectivity index (χ0v) is 17.0. The lowest BCUT2D eigenvalue weighted by atomic mass is 10.2. The van der Waals surface area contributed by atoms with E-state index in [1.54, 1.807) is 13.8 Å². The minimum Gasteiger partial charge on any atom is -0.361 e. The summed E-state index contributed by atoms with van der Waals surface area (Å²) in [4.78, 5) is 17.3. The van der Waals surface area contributed by atoms with Crippen LogP contribution in [0.5, 0.6) is 0 Å². The van der Waals surface area contributed by atoms with E-state index in [1.165, 1.54) is 6.07 Å². The van der Waals surface area contributed by atoms with Crippen molar-refractivity contribution in [2.45, 2.75) is 37.3 Å². The van der Waals surface area contributed by atoms with Gasteiger partial charge in [-0.1, -0.05) is 11.6 Å². The average molecular weight is 454 g/mol. The van der Waals surface area contributed by atoms with E-state index in [1.807, 2.05) is 0 Å². The van der Waals surface area contributed by atoms with Crippen LogP contribution in [0.2, 0.25) is 5.02 Å². The molecule has 1 amide bonds. The summed E-state index contributed by atoms with van der Waals surface area (Å²) in [5.74, 6) is -3.47. The highest BCUT2D eigenvalue weighted by atomic mass is 35.5. The van der Waals surface area contributed by atoms with Crippen molar-refractivity contribution in [1.29, 1.82) is 0 Å². The largest absolute Gasteiger partial charge is 0.416 e. The van der Waals surface area contributed by atoms with Crippen LogP contribution in [0.3, 0.4) is 0 Å². The van der Waals surface area contributed by atoms with Crippen molar-refractivity contribution in [1.82, 2.24) is 9.88 Å². The third kappa shape index (κ3) is 4.80. The van der Waals surface area contributed by atoms with Crippen LogP contribution in [0.25, 0.3) is 0 Å². The zero-order chi connectivity index (χ0) is 21.6. The van der Waals surface area contributed by atoms with Gasteiger partial charge in [-0.15, -0.1) is 0 Å². The molecule has 1 aromatic heterocycles. The number of alkyl halides is 5. The minimum absolute atomic E-state index is 0.0593. The van der Waals surface area contributed by atoms with E-state index in [4.69, 9.17) is 11.6 Å². The molecule has 0 radical (unpaired) electrons. The van der Waals surface area contributed by atoms with Crippen LogP contribution in [0.1, 0.15) is 33.7 Å². The molecule has 11 heteroatoms. The van der Waals surface area contributed by atoms with E-state index < -0.39 is 36.5 Å². The Hall–Kier alpha value is -1.94. The molecule has 1 aliphatic heterocycles. The Labute approximate surface area is 172 Å². The highest BCUT2D eigenvalue weighted by Crippen LogP contribution is 2.37. The third-order valence-corrected chi connectivity index (χ3v) is 5.75. The van der Waals surface area contributed by atoms with Crippen molar-refractivity contribution in [3.8, 4) is 0 Å². The van der Waals surface area contributed by atoms with Gasteiger partial charge in [0, 0.05) is 35.1 Å². The van der Waals surface area contributed by atoms with E-state index in [2.05, 4.69) is 9.71 Å². The number of aryl methyl sites for hydroxylation is 2. The molecule has 0 spiro atoms. The summed E-state index contributed by atoms with van der Waals surface area (Å²) in [6.07, 6.45) is -4.96. The van der Waals surface area contributed by atoms with Crippen LogP contribution in [0, 0.1) is 13.8 Å². The number of likely N-dealkylation sites (tertiary alicyclic amines) is 1. The molecule has 0 bridgehead atoms. The molecule has 2 aromatic rings. The van der Waals surface area contributed by atoms with Crippen molar-refractivity contribution >= 4 is 35.1 Å². The summed E-state index contributed by atoms with van der Waals surface area (Å²) >= 11 is 6.70. The maximum absolute atomic E-state index is 13.5. The third-order valence-electron chi connectivity index (χ3n) is 4.48. The van der Waals surface area contributed by atoms with Gasteiger partial charge < -0.3 is 14.6 Å². The number of nitrogens with zero attached hydrogens (tertiary/aromatic N) is 1. The first-order valence-corrected chi connectivity index (χ1v) is 9.74. The molecule has 158 valence electrons. The molecule has 0 atom stereocenters. The second-order valence-electron chi connectivity index (χ2n) is 6.84. The molecule has 1 aromatic carbocycles. The SMILES string of the molecule is Cc1[nH]c(C)c(C(=O)N2CCC(F)(F)C2)c1SNc1cc(Cl)cc(C(F)(F)F)c1. The van der Waals surface area contributed by atoms with Crippen molar-refractivity contribution < 1.29 is 26.7 Å². The number of H-pyrrole nitrogens is 1. The second kappa shape index (κ2) is 7.71. The maximum Gasteiger partial charge on any atom is 0.416 e. The van der Waals surface area contributed by atoms with E-state index in [0.29, 0.717) is 16.3 Å². The van der Waals surface area contributed by atoms with Crippen LogP contribution < -0.4 is 4.72 Å². The summed E-state index contributed by atoms with van der Waals surface area (Å²) in [5.41, 5.74) is 0.488. The van der Waals surface area contributed by atoms with Crippen molar-refractivity contribution in [2.75, 3.05) is 17.8 Å². The topological polar surface area (TPSA) is 48.1 Å². The van der Waals surface area contributed by atoms with Gasteiger partial charge in [0.15, 0.2) is 0 Å². The van der Waals surface area contributed by atoms with E-state index in [-0.39, 0.29) is 22.8 Å². The summed E-state index contributed by atoms with van der Waals surface area (Å²) < 4.78 is 68.7. The number of carbonyl (C=O) groups excluding carboxylic acids is 1. The molecule has 0 unspecified atom stereocenters. The molecular formula is C18H17ClF5N3OS. The quantitative estimate of drug-likeness (QED) is 0.447. The van der Waals surface area contributed by atoms with E-state index in [0.717, 1.165) is 29.0 Å². The number of anilines is 1. The highest BCUT2D eigenvalue weighted by molar-refractivity contribution is 8.00. The van der Waals surface area contributed by atoms with Gasteiger partial charge in [-0.3, -0.25) is 4.79 Å². The number of halogens is 6. The highest BCUT2D eigenvalue weighted by Gasteiger charge is 2.41. The number of rotatable bonds is 4. The molecule has 3 rings (SSSR count). The predicted octanol–water partition coefficient (Wildman–Crippen LogP) is 5.90. The van der Waals surface area contributed by atoms with Crippen LogP contribution in [-0.2, 0) is 6.18 Å². The number of carbonyl (C=O) groups is 1. The first-order chi connectivity index (χ1) is 13.4. The summed E-state index contributed by atoms with van der Waals surface area (Å²) in [5, 5.41) is -0.0968. The summed E-state index contributed by atoms with van der Waals surface area (Å²) in [6.45, 7) is 2.61. The number of hydrogen-bond donors (Lipinski definition) is 2. The van der Waals surface area contributed by atoms with E-state index in [9.17, 15) is 26.7 Å². The molecule has 29 heavy (non-hydrogen) atoms. The molecule has 0 saturated carbocycles. The number of hydrogen-bond acceptors (Lipinski definition) is 3. The standard InChI is InChI=1S/C18H17ClF5N3OS/c1-9-14(16(28)27-4-3-17(20,21)8-27)15(10(2)25-9)29-26-13-6-11(18(22,23)24)5-12(19)7-13/h5-7,25-26H,3-4,8H2,1-2H3. The van der Waals surface area contributed by atoms with Crippen molar-refractivity contribution in [3.63, 3.8) is 0 Å². The lowest BCUT2D eigenvalue weighted by molar-refractivity contribution is -0.137. The average Bonchev–Trinajstić information content (AvgIpc) is 3.09. The van der Waals surface area contributed by atoms with Gasteiger partial charge >= 0.3 is 6.18 Å². The molecule has 2 heterocycles. The van der Waals surface area contributed by atoms with Gasteiger partial charge in [-0.05, 0) is 44.0 Å². The Bertz CT molecular complexity index is 944. The smallest absolute Gasteiger partial charge is 0.361 e. The summed E-state index contributed by atoms with van der Waals surface area (Å²) in [7, 11) is 0. The Balaban J connectivity index is 1.84. The number of amides is 1. The molecule has 1 fully saturated rings. The van der Waals surface area contributed by atoms with Crippen LogP contribution in [-0.4, -0.2) is 34.8 Å². The molecule has 0 aliphatic carbocycles. The van der Waals surface area contributed by atoms with Gasteiger partial charge in [0.2, 0.25) is 0 Å². The molecule has 1 saturated heterocycles. The number of aromatic amines is 1. The fourth-order valence-electron chi connectivity index (χ4n) is 3.13. The number of nitrogens with one attached hydrogen (secondary N) is 2. The molecule has 2 N–H and O–H groups in total. The lowest BCUT2D eigenvalue weighted by Gasteiger charge is -2.17. The Morgan fingerprint density at radius 2 is 1.93 bits per heavy atom. The molecule has 4 nitrogen and oxygen atoms in total. The van der Waals surface area contributed by atoms with Gasteiger partial charge in [0.25, 0.3) is 11.8 Å². The van der Waals surface area contributed by atoms with Crippen LogP contribution in [0.4, 0.5) is 27.6 Å². The monoisotopic (exact) mass is 453 g/mol. The number of aromatic nitrogens is 1. The minimum atomic E-state index is -4.56. The first-order valence-electron chi connectivity index (χ1n) is 8.54. The number of benzene rings is 1. The van der Waals surface area contributed by atoms with Crippen LogP contribution >= 0.6 is 23.5 Å². The fourth-order valence-corrected chi connectivity index (χ4v) is 4.25. The van der Waals surface area contributed by atoms with Crippen molar-refractivity contribution in [2.24, 2.45) is 0 Å². The zero-order valence-electron chi connectivity index (χ0n) is 15.4. The predicted molar refractivity (Wildman–Crippen MR) is 102 cm³/mol. The van der Waals surface area contributed by atoms with Gasteiger partial charge in [0.1, 0.15) is 0 Å². The van der Waals surface area contributed by atoms with Gasteiger partial charge in [0.05, 0.1) is 22.6 Å². The normalized spacial score (nSPS) is 16.3. The van der Waals surface area contributed by atoms with Crippen LogP contribution in [0.15, 0.2) is 23.1 Å². The summed E-state index contributed by atoms with van der Waals surface area (Å²) in [6, 6.07) is 3.03. The van der Waals surface area contributed by atoms with Gasteiger partial charge in [-0.25, -0.2) is 8.78 Å². The Morgan fingerprint density at radius 3 is 2.52 bits per heavy atom. The van der Waals surface area contributed by atoms with E-state index >= 15 is 0 Å². The molecule has 1 aliphatic rings. The fraction of sp³-hybridized carbons (Fsp3) is 0.389. The maximum atomic E-state index is 13.5. The Morgan fingerprint density at radius 1 is 1.24 bits per heavy atom. The Kier molecular flexibility index (Phi) is 5.79. The molecular weight excluding hydrogens is 437 g/mol. The second-order valence-corrected chi connectivity index (χ2v) is 8.10. The van der Waals surface area contributed by atoms with Gasteiger partial charge in [-0.2, -0.15) is 13.2 Å². The van der Waals surface area contributed by atoms with Crippen molar-refractivity contribution in [3.05, 3.63) is 45.7 Å². The first kappa shape index (κ1) is 21.8. The lowest BCUT2D eigenvalue weighted by Crippen LogP contribution is -2.31.